The molecule has 3 rings (SSSR count). The van der Waals surface area contributed by atoms with Crippen molar-refractivity contribution in [2.45, 2.75) is 25.8 Å². The monoisotopic (exact) mass is 388 g/mol. The Morgan fingerprint density at radius 2 is 2.00 bits per heavy atom. The Labute approximate surface area is 162 Å². The fourth-order valence-corrected chi connectivity index (χ4v) is 3.26. The van der Waals surface area contributed by atoms with Crippen molar-refractivity contribution in [2.75, 3.05) is 18.4 Å². The van der Waals surface area contributed by atoms with Crippen molar-refractivity contribution in [1.29, 1.82) is 0 Å². The molecule has 2 aromatic carbocycles. The summed E-state index contributed by atoms with van der Waals surface area (Å²) in [4.78, 5) is 25.4. The molecule has 1 atom stereocenters. The molecule has 0 bridgehead atoms. The van der Waals surface area contributed by atoms with Crippen LogP contribution in [0, 0.1) is 6.92 Å². The van der Waals surface area contributed by atoms with Gasteiger partial charge < -0.3 is 15.2 Å². The van der Waals surface area contributed by atoms with E-state index in [1.165, 1.54) is 0 Å². The van der Waals surface area contributed by atoms with Crippen LogP contribution in [0.15, 0.2) is 42.5 Å². The van der Waals surface area contributed by atoms with Gasteiger partial charge in [-0.1, -0.05) is 29.3 Å². The van der Waals surface area contributed by atoms with Gasteiger partial charge in [0, 0.05) is 5.02 Å². The molecule has 0 spiro atoms. The van der Waals surface area contributed by atoms with Crippen molar-refractivity contribution in [3.05, 3.63) is 53.1 Å². The number of amides is 1. The molecule has 1 fully saturated rings. The van der Waals surface area contributed by atoms with E-state index in [4.69, 9.17) is 16.3 Å². The Morgan fingerprint density at radius 1 is 1.26 bits per heavy atom. The third-order valence-corrected chi connectivity index (χ3v) is 4.70. The maximum Gasteiger partial charge on any atom is 0.320 e. The van der Waals surface area contributed by atoms with Crippen molar-refractivity contribution in [2.24, 2.45) is 0 Å². The Morgan fingerprint density at radius 3 is 2.70 bits per heavy atom. The summed E-state index contributed by atoms with van der Waals surface area (Å²) in [6.45, 7) is 2.58. The fraction of sp³-hybridized carbons (Fsp3) is 0.300. The zero-order valence-corrected chi connectivity index (χ0v) is 15.7. The van der Waals surface area contributed by atoms with Crippen LogP contribution in [-0.2, 0) is 9.59 Å². The van der Waals surface area contributed by atoms with Crippen LogP contribution in [0.3, 0.4) is 0 Å². The smallest absolute Gasteiger partial charge is 0.320 e. The van der Waals surface area contributed by atoms with Crippen LogP contribution in [0.1, 0.15) is 18.4 Å². The first-order chi connectivity index (χ1) is 12.9. The largest absolute Gasteiger partial charge is 0.480 e. The van der Waals surface area contributed by atoms with Gasteiger partial charge >= 0.3 is 5.97 Å². The lowest BCUT2D eigenvalue weighted by Crippen LogP contribution is -2.40. The lowest BCUT2D eigenvalue weighted by Gasteiger charge is -2.20. The Balaban J connectivity index is 1.71. The van der Waals surface area contributed by atoms with Crippen molar-refractivity contribution >= 4 is 29.2 Å². The van der Waals surface area contributed by atoms with E-state index >= 15 is 0 Å². The number of likely N-dealkylation sites (tertiary alicyclic amines) is 1. The number of nitrogens with one attached hydrogen (secondary N) is 1. The molecule has 1 aliphatic heterocycles. The third kappa shape index (κ3) is 4.99. The zero-order valence-electron chi connectivity index (χ0n) is 14.9. The van der Waals surface area contributed by atoms with Gasteiger partial charge in [-0.2, -0.15) is 0 Å². The van der Waals surface area contributed by atoms with Gasteiger partial charge in [-0.05, 0) is 56.6 Å². The molecule has 0 saturated carbocycles. The SMILES string of the molecule is Cc1ccc(Oc2ccc(Cl)cc2NC(=O)CN2CCCC2C(=O)O)cc1. The summed E-state index contributed by atoms with van der Waals surface area (Å²) < 4.78 is 5.87. The van der Waals surface area contributed by atoms with Crippen LogP contribution in [0.4, 0.5) is 5.69 Å². The molecule has 142 valence electrons. The standard InChI is InChI=1S/C20H21ClN2O4/c1-13-4-7-15(8-5-13)27-18-9-6-14(21)11-16(18)22-19(24)12-23-10-2-3-17(23)20(25)26/h4-9,11,17H,2-3,10,12H2,1H3,(H,22,24)(H,25,26). The van der Waals surface area contributed by atoms with Crippen LogP contribution in [0.5, 0.6) is 11.5 Å². The minimum absolute atomic E-state index is 0.00739. The molecule has 7 heteroatoms. The van der Waals surface area contributed by atoms with E-state index in [-0.39, 0.29) is 12.5 Å². The van der Waals surface area contributed by atoms with Crippen molar-refractivity contribution in [3.63, 3.8) is 0 Å². The van der Waals surface area contributed by atoms with Gasteiger partial charge in [0.15, 0.2) is 5.75 Å². The Kier molecular flexibility index (Phi) is 5.98. The van der Waals surface area contributed by atoms with E-state index in [9.17, 15) is 14.7 Å². The highest BCUT2D eigenvalue weighted by molar-refractivity contribution is 6.31. The maximum atomic E-state index is 12.5. The van der Waals surface area contributed by atoms with Gasteiger partial charge in [0.2, 0.25) is 5.91 Å². The number of hydrogen-bond donors (Lipinski definition) is 2. The van der Waals surface area contributed by atoms with Crippen molar-refractivity contribution < 1.29 is 19.4 Å². The van der Waals surface area contributed by atoms with Gasteiger partial charge in [0.1, 0.15) is 11.8 Å². The molecular weight excluding hydrogens is 368 g/mol. The molecule has 1 saturated heterocycles. The average molecular weight is 389 g/mol. The molecule has 2 N–H and O–H groups in total. The summed E-state index contributed by atoms with van der Waals surface area (Å²) in [5.41, 5.74) is 1.56. The van der Waals surface area contributed by atoms with Crippen LogP contribution >= 0.6 is 11.6 Å². The first-order valence-electron chi connectivity index (χ1n) is 8.73. The van der Waals surface area contributed by atoms with Crippen molar-refractivity contribution in [1.82, 2.24) is 4.90 Å². The average Bonchev–Trinajstić information content (AvgIpc) is 3.07. The molecule has 0 aromatic heterocycles. The number of halogens is 1. The molecule has 6 nitrogen and oxygen atoms in total. The highest BCUT2D eigenvalue weighted by atomic mass is 35.5. The van der Waals surface area contributed by atoms with E-state index in [0.29, 0.717) is 35.2 Å². The van der Waals surface area contributed by atoms with E-state index in [0.717, 1.165) is 12.0 Å². The number of carbonyl (C=O) groups is 2. The number of anilines is 1. The van der Waals surface area contributed by atoms with Crippen LogP contribution in [0.2, 0.25) is 5.02 Å². The van der Waals surface area contributed by atoms with Crippen LogP contribution in [0.25, 0.3) is 0 Å². The summed E-state index contributed by atoms with van der Waals surface area (Å²) in [5.74, 6) is -0.0951. The second-order valence-corrected chi connectivity index (χ2v) is 7.01. The number of carbonyl (C=O) groups excluding carboxylic acids is 1. The van der Waals surface area contributed by atoms with E-state index < -0.39 is 12.0 Å². The molecular formula is C20H21ClN2O4. The van der Waals surface area contributed by atoms with Crippen molar-refractivity contribution in [3.8, 4) is 11.5 Å². The summed E-state index contributed by atoms with van der Waals surface area (Å²) in [6.07, 6.45) is 1.32. The number of aliphatic carboxylic acids is 1. The second kappa shape index (κ2) is 8.41. The van der Waals surface area contributed by atoms with E-state index in [2.05, 4.69) is 5.32 Å². The van der Waals surface area contributed by atoms with Gasteiger partial charge in [-0.3, -0.25) is 14.5 Å². The number of rotatable bonds is 6. The normalized spacial score (nSPS) is 16.9. The van der Waals surface area contributed by atoms with Gasteiger partial charge in [0.05, 0.1) is 12.2 Å². The van der Waals surface area contributed by atoms with Crippen LogP contribution in [-0.4, -0.2) is 41.0 Å². The summed E-state index contributed by atoms with van der Waals surface area (Å²) >= 11 is 6.06. The van der Waals surface area contributed by atoms with E-state index in [1.807, 2.05) is 31.2 Å². The molecule has 0 radical (unpaired) electrons. The number of carboxylic acid groups (broad SMARTS) is 1. The minimum atomic E-state index is -0.897. The predicted octanol–water partition coefficient (Wildman–Crippen LogP) is 3.93. The summed E-state index contributed by atoms with van der Waals surface area (Å²) in [6, 6.07) is 11.9. The maximum absolute atomic E-state index is 12.5. The number of ether oxygens (including phenoxy) is 1. The summed E-state index contributed by atoms with van der Waals surface area (Å²) in [7, 11) is 0. The van der Waals surface area contributed by atoms with Crippen LogP contribution < -0.4 is 10.1 Å². The minimum Gasteiger partial charge on any atom is -0.480 e. The van der Waals surface area contributed by atoms with Gasteiger partial charge in [0.25, 0.3) is 0 Å². The molecule has 0 aliphatic carbocycles. The Hall–Kier alpha value is -2.57. The van der Waals surface area contributed by atoms with E-state index in [1.54, 1.807) is 23.1 Å². The molecule has 2 aromatic rings. The highest BCUT2D eigenvalue weighted by Gasteiger charge is 2.31. The fourth-order valence-electron chi connectivity index (χ4n) is 3.09. The summed E-state index contributed by atoms with van der Waals surface area (Å²) in [5, 5.41) is 12.5. The predicted molar refractivity (Wildman–Crippen MR) is 104 cm³/mol. The first kappa shape index (κ1) is 19.2. The topological polar surface area (TPSA) is 78.9 Å². The number of aryl methyl sites for hydroxylation is 1. The first-order valence-corrected chi connectivity index (χ1v) is 9.11. The quantitative estimate of drug-likeness (QED) is 0.783. The highest BCUT2D eigenvalue weighted by Crippen LogP contribution is 2.32. The number of hydrogen-bond acceptors (Lipinski definition) is 4. The second-order valence-electron chi connectivity index (χ2n) is 6.57. The third-order valence-electron chi connectivity index (χ3n) is 4.46. The number of benzene rings is 2. The lowest BCUT2D eigenvalue weighted by atomic mass is 10.2. The lowest BCUT2D eigenvalue weighted by molar-refractivity contribution is -0.142. The Bertz CT molecular complexity index is 838. The molecule has 1 unspecified atom stereocenters. The molecule has 1 heterocycles. The molecule has 1 amide bonds. The molecule has 1 aliphatic rings. The number of nitrogens with zero attached hydrogens (tertiary/aromatic N) is 1. The number of carboxylic acids is 1. The van der Waals surface area contributed by atoms with Gasteiger partial charge in [-0.25, -0.2) is 0 Å². The molecule has 27 heavy (non-hydrogen) atoms. The van der Waals surface area contributed by atoms with Gasteiger partial charge in [-0.15, -0.1) is 0 Å². The zero-order chi connectivity index (χ0) is 19.4.